The van der Waals surface area contributed by atoms with Gasteiger partial charge in [-0.25, -0.2) is 0 Å². The number of carbonyl (C=O) groups excluding carboxylic acids is 2. The van der Waals surface area contributed by atoms with Crippen LogP contribution in [-0.4, -0.2) is 23.5 Å². The van der Waals surface area contributed by atoms with Crippen LogP contribution >= 0.6 is 11.6 Å². The second kappa shape index (κ2) is 7.25. The highest BCUT2D eigenvalue weighted by molar-refractivity contribution is 6.30. The summed E-state index contributed by atoms with van der Waals surface area (Å²) in [5.41, 5.74) is 2.71. The van der Waals surface area contributed by atoms with Crippen LogP contribution in [0.2, 0.25) is 5.02 Å². The van der Waals surface area contributed by atoms with Crippen LogP contribution in [0.3, 0.4) is 0 Å². The lowest BCUT2D eigenvalue weighted by Crippen LogP contribution is -2.23. The Hall–Kier alpha value is -3.12. The van der Waals surface area contributed by atoms with Crippen molar-refractivity contribution in [2.24, 2.45) is 0 Å². The van der Waals surface area contributed by atoms with Crippen molar-refractivity contribution in [2.45, 2.75) is 12.8 Å². The van der Waals surface area contributed by atoms with E-state index in [1.165, 1.54) is 0 Å². The molecule has 0 radical (unpaired) electrons. The summed E-state index contributed by atoms with van der Waals surface area (Å²) < 4.78 is 5.19. The Balaban J connectivity index is 1.44. The highest BCUT2D eigenvalue weighted by Gasteiger charge is 2.21. The third-order valence-electron chi connectivity index (χ3n) is 4.40. The fourth-order valence-corrected chi connectivity index (χ4v) is 3.11. The lowest BCUT2D eigenvalue weighted by Gasteiger charge is -2.15. The summed E-state index contributed by atoms with van der Waals surface area (Å²) in [5, 5.41) is 7.28. The molecule has 0 unspecified atom stereocenters. The van der Waals surface area contributed by atoms with Gasteiger partial charge in [0.1, 0.15) is 5.69 Å². The van der Waals surface area contributed by atoms with Crippen LogP contribution in [0.4, 0.5) is 11.6 Å². The Labute approximate surface area is 160 Å². The quantitative estimate of drug-likeness (QED) is 0.727. The first-order valence-corrected chi connectivity index (χ1v) is 8.92. The van der Waals surface area contributed by atoms with E-state index in [0.29, 0.717) is 22.7 Å². The molecule has 3 aromatic rings. The van der Waals surface area contributed by atoms with Crippen LogP contribution in [0.15, 0.2) is 59.1 Å². The minimum absolute atomic E-state index is 0.114. The maximum atomic E-state index is 12.4. The Morgan fingerprint density at radius 3 is 2.52 bits per heavy atom. The predicted molar refractivity (Wildman–Crippen MR) is 103 cm³/mol. The first kappa shape index (κ1) is 17.3. The fourth-order valence-electron chi connectivity index (χ4n) is 2.99. The number of aromatic nitrogens is 1. The molecular formula is C20H16ClN3O3. The van der Waals surface area contributed by atoms with E-state index in [4.69, 9.17) is 16.1 Å². The SMILES string of the molecule is O=C(Nc1cc(-c2ccc(Cl)cc2)no1)c1ccc(N2CCCC2=O)cc1. The molecule has 2 aromatic carbocycles. The van der Waals surface area contributed by atoms with Crippen molar-refractivity contribution >= 4 is 35.0 Å². The maximum Gasteiger partial charge on any atom is 0.258 e. The first-order chi connectivity index (χ1) is 13.1. The summed E-state index contributed by atoms with van der Waals surface area (Å²) in [6, 6.07) is 15.7. The number of halogens is 1. The largest absolute Gasteiger partial charge is 0.338 e. The van der Waals surface area contributed by atoms with Crippen LogP contribution in [0.5, 0.6) is 0 Å². The minimum Gasteiger partial charge on any atom is -0.338 e. The van der Waals surface area contributed by atoms with Gasteiger partial charge in [-0.3, -0.25) is 14.9 Å². The standard InChI is InChI=1S/C20H16ClN3O3/c21-15-7-3-13(4-8-15)17-12-18(27-23-17)22-20(26)14-5-9-16(10-6-14)24-11-1-2-19(24)25/h3-10,12H,1-2,11H2,(H,22,26). The molecule has 1 fully saturated rings. The van der Waals surface area contributed by atoms with Gasteiger partial charge in [-0.1, -0.05) is 28.9 Å². The molecule has 2 heterocycles. The van der Waals surface area contributed by atoms with E-state index in [0.717, 1.165) is 24.2 Å². The van der Waals surface area contributed by atoms with Gasteiger partial charge in [0.25, 0.3) is 5.91 Å². The zero-order chi connectivity index (χ0) is 18.8. The lowest BCUT2D eigenvalue weighted by atomic mass is 10.1. The van der Waals surface area contributed by atoms with Gasteiger partial charge in [-0.15, -0.1) is 0 Å². The average molecular weight is 382 g/mol. The molecule has 0 bridgehead atoms. The number of amides is 2. The Morgan fingerprint density at radius 1 is 1.11 bits per heavy atom. The first-order valence-electron chi connectivity index (χ1n) is 8.54. The highest BCUT2D eigenvalue weighted by Crippen LogP contribution is 2.24. The molecule has 2 amide bonds. The molecule has 7 heteroatoms. The molecule has 136 valence electrons. The third-order valence-corrected chi connectivity index (χ3v) is 4.65. The maximum absolute atomic E-state index is 12.4. The van der Waals surface area contributed by atoms with Crippen molar-refractivity contribution < 1.29 is 14.1 Å². The van der Waals surface area contributed by atoms with Crippen LogP contribution in [0, 0.1) is 0 Å². The van der Waals surface area contributed by atoms with E-state index in [1.54, 1.807) is 47.4 Å². The summed E-state index contributed by atoms with van der Waals surface area (Å²) in [6.45, 7) is 0.718. The van der Waals surface area contributed by atoms with Crippen molar-refractivity contribution in [3.05, 3.63) is 65.2 Å². The molecule has 1 aromatic heterocycles. The van der Waals surface area contributed by atoms with Gasteiger partial charge in [0, 0.05) is 40.9 Å². The Bertz CT molecular complexity index is 980. The van der Waals surface area contributed by atoms with Crippen LogP contribution in [0.1, 0.15) is 23.2 Å². The number of nitrogens with one attached hydrogen (secondary N) is 1. The summed E-state index contributed by atoms with van der Waals surface area (Å²) in [6.07, 6.45) is 1.44. The van der Waals surface area contributed by atoms with E-state index in [1.807, 2.05) is 12.1 Å². The lowest BCUT2D eigenvalue weighted by molar-refractivity contribution is -0.117. The smallest absolute Gasteiger partial charge is 0.258 e. The van der Waals surface area contributed by atoms with Crippen molar-refractivity contribution in [2.75, 3.05) is 16.8 Å². The van der Waals surface area contributed by atoms with Crippen molar-refractivity contribution in [3.8, 4) is 11.3 Å². The molecule has 0 aliphatic carbocycles. The summed E-state index contributed by atoms with van der Waals surface area (Å²) in [4.78, 5) is 25.9. The molecule has 1 aliphatic heterocycles. The highest BCUT2D eigenvalue weighted by atomic mass is 35.5. The Morgan fingerprint density at radius 2 is 1.85 bits per heavy atom. The number of rotatable bonds is 4. The van der Waals surface area contributed by atoms with Crippen molar-refractivity contribution in [3.63, 3.8) is 0 Å². The summed E-state index contributed by atoms with van der Waals surface area (Å²) in [5.74, 6) is 0.0560. The topological polar surface area (TPSA) is 75.4 Å². The van der Waals surface area contributed by atoms with Crippen molar-refractivity contribution in [1.29, 1.82) is 0 Å². The molecular weight excluding hydrogens is 366 g/mol. The van der Waals surface area contributed by atoms with Gasteiger partial charge in [-0.2, -0.15) is 0 Å². The van der Waals surface area contributed by atoms with E-state index < -0.39 is 0 Å². The Kier molecular flexibility index (Phi) is 4.64. The number of benzene rings is 2. The predicted octanol–water partition coefficient (Wildman–Crippen LogP) is 4.37. The number of carbonyl (C=O) groups is 2. The fraction of sp³-hybridized carbons (Fsp3) is 0.150. The molecule has 1 saturated heterocycles. The molecule has 6 nitrogen and oxygen atoms in total. The number of hydrogen-bond donors (Lipinski definition) is 1. The average Bonchev–Trinajstić information content (AvgIpc) is 3.31. The third kappa shape index (κ3) is 3.71. The van der Waals surface area contributed by atoms with E-state index in [2.05, 4.69) is 10.5 Å². The molecule has 1 aliphatic rings. The zero-order valence-corrected chi connectivity index (χ0v) is 15.1. The van der Waals surface area contributed by atoms with Gasteiger partial charge in [0.2, 0.25) is 11.8 Å². The number of nitrogens with zero attached hydrogens (tertiary/aromatic N) is 2. The molecule has 1 N–H and O–H groups in total. The van der Waals surface area contributed by atoms with E-state index in [9.17, 15) is 9.59 Å². The second-order valence-corrected chi connectivity index (χ2v) is 6.67. The molecule has 4 rings (SSSR count). The van der Waals surface area contributed by atoms with Crippen molar-refractivity contribution in [1.82, 2.24) is 5.16 Å². The van der Waals surface area contributed by atoms with E-state index >= 15 is 0 Å². The van der Waals surface area contributed by atoms with Gasteiger partial charge >= 0.3 is 0 Å². The monoisotopic (exact) mass is 381 g/mol. The van der Waals surface area contributed by atoms with Gasteiger partial charge < -0.3 is 9.42 Å². The molecule has 0 saturated carbocycles. The van der Waals surface area contributed by atoms with Crippen LogP contribution < -0.4 is 10.2 Å². The number of hydrogen-bond acceptors (Lipinski definition) is 4. The molecule has 0 spiro atoms. The zero-order valence-electron chi connectivity index (χ0n) is 14.3. The molecule has 0 atom stereocenters. The van der Waals surface area contributed by atoms with E-state index in [-0.39, 0.29) is 17.7 Å². The molecule has 27 heavy (non-hydrogen) atoms. The normalized spacial score (nSPS) is 13.8. The second-order valence-electron chi connectivity index (χ2n) is 6.23. The van der Waals surface area contributed by atoms with Crippen LogP contribution in [-0.2, 0) is 4.79 Å². The van der Waals surface area contributed by atoms with Gasteiger partial charge in [0.05, 0.1) is 0 Å². The van der Waals surface area contributed by atoms with Gasteiger partial charge in [-0.05, 0) is 42.8 Å². The minimum atomic E-state index is -0.312. The summed E-state index contributed by atoms with van der Waals surface area (Å²) >= 11 is 5.88. The van der Waals surface area contributed by atoms with Gasteiger partial charge in [0.15, 0.2) is 0 Å². The summed E-state index contributed by atoms with van der Waals surface area (Å²) in [7, 11) is 0. The van der Waals surface area contributed by atoms with Crippen LogP contribution in [0.25, 0.3) is 11.3 Å². The number of anilines is 2.